The van der Waals surface area contributed by atoms with Crippen molar-refractivity contribution in [3.63, 3.8) is 0 Å². The highest BCUT2D eigenvalue weighted by molar-refractivity contribution is 9.10. The predicted molar refractivity (Wildman–Crippen MR) is 142 cm³/mol. The molecule has 0 spiro atoms. The van der Waals surface area contributed by atoms with Gasteiger partial charge in [0, 0.05) is 34.9 Å². The second-order valence-corrected chi connectivity index (χ2v) is 9.78. The standard InChI is InChI=1S/C23H29BrClN3O2.C2H7N/c1-4-28(17-8-6-5-7-9-17)20-12-16(24)11-18(21(20)25)22(29)26-13-19-14(2)10-15(3)27-23(19)30;1-3-2/h10-12,17H,4-9,13H2,1-3H3,(H,26,29)(H,27,30);3H,1-2H3. The van der Waals surface area contributed by atoms with Gasteiger partial charge in [-0.1, -0.05) is 46.8 Å². The Morgan fingerprint density at radius 1 is 1.18 bits per heavy atom. The first-order valence-corrected chi connectivity index (χ1v) is 12.7. The fraction of sp³-hybridized carbons (Fsp3) is 0.520. The van der Waals surface area contributed by atoms with E-state index in [0.717, 1.165) is 40.8 Å². The Kier molecular flexibility index (Phi) is 10.9. The minimum atomic E-state index is -0.290. The monoisotopic (exact) mass is 538 g/mol. The number of anilines is 1. The quantitative estimate of drug-likeness (QED) is 0.464. The third kappa shape index (κ3) is 7.33. The van der Waals surface area contributed by atoms with Crippen LogP contribution in [-0.4, -0.2) is 37.6 Å². The number of aryl methyl sites for hydroxylation is 2. The highest BCUT2D eigenvalue weighted by Crippen LogP contribution is 2.36. The van der Waals surface area contributed by atoms with Gasteiger partial charge in [-0.05, 0) is 71.5 Å². The van der Waals surface area contributed by atoms with E-state index in [1.54, 1.807) is 6.07 Å². The zero-order chi connectivity index (χ0) is 24.5. The number of hydrogen-bond acceptors (Lipinski definition) is 4. The number of carbonyl (C=O) groups is 1. The maximum Gasteiger partial charge on any atom is 0.253 e. The molecule has 1 aromatic carbocycles. The Morgan fingerprint density at radius 2 is 1.82 bits per heavy atom. The Balaban J connectivity index is 0.00000122. The van der Waals surface area contributed by atoms with E-state index in [4.69, 9.17) is 11.6 Å². The lowest BCUT2D eigenvalue weighted by Crippen LogP contribution is -2.37. The van der Waals surface area contributed by atoms with Crippen molar-refractivity contribution >= 4 is 39.1 Å². The van der Waals surface area contributed by atoms with Crippen LogP contribution in [0.4, 0.5) is 5.69 Å². The van der Waals surface area contributed by atoms with E-state index in [1.165, 1.54) is 19.3 Å². The first-order valence-electron chi connectivity index (χ1n) is 11.5. The average Bonchev–Trinajstić information content (AvgIpc) is 2.76. The molecule has 0 bridgehead atoms. The number of nitrogens with one attached hydrogen (secondary N) is 3. The molecule has 0 unspecified atom stereocenters. The number of pyridine rings is 1. The van der Waals surface area contributed by atoms with Crippen LogP contribution in [-0.2, 0) is 6.54 Å². The topological polar surface area (TPSA) is 77.2 Å². The van der Waals surface area contributed by atoms with Crippen molar-refractivity contribution in [2.24, 2.45) is 0 Å². The van der Waals surface area contributed by atoms with Gasteiger partial charge >= 0.3 is 0 Å². The fourth-order valence-electron chi connectivity index (χ4n) is 4.33. The van der Waals surface area contributed by atoms with Crippen LogP contribution in [0.2, 0.25) is 5.02 Å². The van der Waals surface area contributed by atoms with Crippen molar-refractivity contribution < 1.29 is 4.79 Å². The van der Waals surface area contributed by atoms with Crippen LogP contribution in [0.15, 0.2) is 27.5 Å². The zero-order valence-corrected chi connectivity index (χ0v) is 22.6. The smallest absolute Gasteiger partial charge is 0.253 e. The summed E-state index contributed by atoms with van der Waals surface area (Å²) in [6, 6.07) is 6.07. The molecule has 1 aliphatic rings. The lowest BCUT2D eigenvalue weighted by molar-refractivity contribution is 0.0951. The summed E-state index contributed by atoms with van der Waals surface area (Å²) in [7, 11) is 3.75. The second-order valence-electron chi connectivity index (χ2n) is 8.49. The summed E-state index contributed by atoms with van der Waals surface area (Å²) in [6.07, 6.45) is 6.03. The molecule has 2 aromatic rings. The van der Waals surface area contributed by atoms with Crippen molar-refractivity contribution in [3.8, 4) is 0 Å². The van der Waals surface area contributed by atoms with Gasteiger partial charge < -0.3 is 20.5 Å². The Labute approximate surface area is 210 Å². The van der Waals surface area contributed by atoms with Crippen LogP contribution >= 0.6 is 27.5 Å². The van der Waals surface area contributed by atoms with Crippen LogP contribution < -0.4 is 21.1 Å². The normalized spacial score (nSPS) is 13.8. The summed E-state index contributed by atoms with van der Waals surface area (Å²) in [5.41, 5.74) is 3.33. The predicted octanol–water partition coefficient (Wildman–Crippen LogP) is 5.33. The third-order valence-electron chi connectivity index (χ3n) is 5.85. The number of aromatic amines is 1. The Hall–Kier alpha value is -1.83. The molecule has 1 aromatic heterocycles. The van der Waals surface area contributed by atoms with Crippen LogP contribution in [0.25, 0.3) is 0 Å². The van der Waals surface area contributed by atoms with Gasteiger partial charge in [-0.25, -0.2) is 0 Å². The molecular weight excluding hydrogens is 504 g/mol. The molecule has 33 heavy (non-hydrogen) atoms. The van der Waals surface area contributed by atoms with Gasteiger partial charge in [-0.2, -0.15) is 0 Å². The molecule has 0 aliphatic heterocycles. The summed E-state index contributed by atoms with van der Waals surface area (Å²) in [6.45, 7) is 6.82. The maximum absolute atomic E-state index is 13.0. The maximum atomic E-state index is 13.0. The molecule has 1 heterocycles. The first-order chi connectivity index (χ1) is 15.7. The van der Waals surface area contributed by atoms with E-state index in [9.17, 15) is 9.59 Å². The molecule has 0 atom stereocenters. The number of benzene rings is 1. The number of amides is 1. The number of nitrogens with zero attached hydrogens (tertiary/aromatic N) is 1. The minimum absolute atomic E-state index is 0.151. The van der Waals surface area contributed by atoms with Gasteiger partial charge in [0.1, 0.15) is 0 Å². The van der Waals surface area contributed by atoms with E-state index in [2.05, 4.69) is 43.4 Å². The van der Waals surface area contributed by atoms with Crippen molar-refractivity contribution in [1.82, 2.24) is 15.6 Å². The van der Waals surface area contributed by atoms with Gasteiger partial charge in [0.15, 0.2) is 0 Å². The number of rotatable bonds is 6. The van der Waals surface area contributed by atoms with Crippen molar-refractivity contribution in [3.05, 3.63) is 60.4 Å². The molecule has 3 rings (SSSR count). The summed E-state index contributed by atoms with van der Waals surface area (Å²) < 4.78 is 0.811. The van der Waals surface area contributed by atoms with E-state index >= 15 is 0 Å². The number of carbonyl (C=O) groups excluding carboxylic acids is 1. The minimum Gasteiger partial charge on any atom is -0.368 e. The molecule has 1 amide bonds. The van der Waals surface area contributed by atoms with E-state index in [-0.39, 0.29) is 18.0 Å². The number of aromatic nitrogens is 1. The lowest BCUT2D eigenvalue weighted by atomic mass is 9.93. The second kappa shape index (κ2) is 13.2. The fourth-order valence-corrected chi connectivity index (χ4v) is 5.08. The summed E-state index contributed by atoms with van der Waals surface area (Å²) in [5, 5.41) is 6.07. The largest absolute Gasteiger partial charge is 0.368 e. The van der Waals surface area contributed by atoms with E-state index in [1.807, 2.05) is 40.1 Å². The molecule has 0 radical (unpaired) electrons. The molecule has 182 valence electrons. The van der Waals surface area contributed by atoms with Gasteiger partial charge in [0.2, 0.25) is 0 Å². The molecule has 6 nitrogen and oxygen atoms in total. The highest BCUT2D eigenvalue weighted by Gasteiger charge is 2.25. The van der Waals surface area contributed by atoms with E-state index in [0.29, 0.717) is 22.2 Å². The Bertz CT molecular complexity index is 1000. The average molecular weight is 540 g/mol. The molecule has 1 fully saturated rings. The molecule has 1 aliphatic carbocycles. The highest BCUT2D eigenvalue weighted by atomic mass is 79.9. The van der Waals surface area contributed by atoms with Crippen molar-refractivity contribution in [1.29, 1.82) is 0 Å². The number of hydrogen-bond donors (Lipinski definition) is 3. The number of halogens is 2. The molecule has 0 saturated heterocycles. The molecule has 1 saturated carbocycles. The van der Waals surface area contributed by atoms with Crippen molar-refractivity contribution in [2.45, 2.75) is 65.5 Å². The molecular formula is C25H36BrClN4O2. The molecule has 8 heteroatoms. The SMILES string of the molecule is CCN(c1cc(Br)cc(C(=O)NCc2c(C)cc(C)[nH]c2=O)c1Cl)C1CCCCC1.CNC. The summed E-state index contributed by atoms with van der Waals surface area (Å²) >= 11 is 10.3. The van der Waals surface area contributed by atoms with Gasteiger partial charge in [0.25, 0.3) is 11.5 Å². The van der Waals surface area contributed by atoms with Gasteiger partial charge in [-0.3, -0.25) is 9.59 Å². The van der Waals surface area contributed by atoms with Gasteiger partial charge in [0.05, 0.1) is 16.3 Å². The van der Waals surface area contributed by atoms with E-state index < -0.39 is 0 Å². The van der Waals surface area contributed by atoms with Crippen LogP contribution in [0.3, 0.4) is 0 Å². The van der Waals surface area contributed by atoms with Gasteiger partial charge in [-0.15, -0.1) is 0 Å². The Morgan fingerprint density at radius 3 is 2.39 bits per heavy atom. The lowest BCUT2D eigenvalue weighted by Gasteiger charge is -2.36. The first kappa shape index (κ1) is 27.4. The summed E-state index contributed by atoms with van der Waals surface area (Å²) in [4.78, 5) is 30.3. The summed E-state index contributed by atoms with van der Waals surface area (Å²) in [5.74, 6) is -0.290. The van der Waals surface area contributed by atoms with Crippen LogP contribution in [0.5, 0.6) is 0 Å². The van der Waals surface area contributed by atoms with Crippen LogP contribution in [0.1, 0.15) is 66.2 Å². The molecule has 3 N–H and O–H groups in total. The third-order valence-corrected chi connectivity index (χ3v) is 6.70. The number of H-pyrrole nitrogens is 1. The van der Waals surface area contributed by atoms with Crippen LogP contribution in [0, 0.1) is 13.8 Å². The van der Waals surface area contributed by atoms with Crippen molar-refractivity contribution in [2.75, 3.05) is 25.5 Å². The zero-order valence-electron chi connectivity index (χ0n) is 20.3.